The van der Waals surface area contributed by atoms with Gasteiger partial charge in [-0.05, 0) is 52.0 Å². The van der Waals surface area contributed by atoms with Crippen LogP contribution in [0.25, 0.3) is 0 Å². The van der Waals surface area contributed by atoms with Gasteiger partial charge < -0.3 is 15.2 Å². The number of carbonyl (C=O) groups excluding carboxylic acids is 4. The molecule has 1 aromatic carbocycles. The number of anilines is 1. The van der Waals surface area contributed by atoms with Gasteiger partial charge in [0.2, 0.25) is 0 Å². The van der Waals surface area contributed by atoms with E-state index in [0.29, 0.717) is 5.69 Å². The van der Waals surface area contributed by atoms with E-state index in [9.17, 15) is 19.2 Å². The fourth-order valence-corrected chi connectivity index (χ4v) is 1.62. The van der Waals surface area contributed by atoms with Gasteiger partial charge >= 0.3 is 18.1 Å². The number of rotatable bonds is 4. The van der Waals surface area contributed by atoms with E-state index >= 15 is 0 Å². The lowest BCUT2D eigenvalue weighted by Gasteiger charge is -2.19. The normalized spacial score (nSPS) is 11.8. The second kappa shape index (κ2) is 8.13. The Labute approximate surface area is 144 Å². The summed E-state index contributed by atoms with van der Waals surface area (Å²) >= 11 is 0. The highest BCUT2D eigenvalue weighted by atomic mass is 16.6. The number of esters is 1. The van der Waals surface area contributed by atoms with Gasteiger partial charge in [0.05, 0.1) is 5.56 Å². The van der Waals surface area contributed by atoms with Crippen LogP contribution in [-0.2, 0) is 14.3 Å². The van der Waals surface area contributed by atoms with E-state index in [1.165, 1.54) is 31.2 Å². The predicted octanol–water partition coefficient (Wildman–Crippen LogP) is 1.77. The molecule has 0 bridgehead atoms. The maximum atomic E-state index is 11.9. The van der Waals surface area contributed by atoms with Crippen molar-refractivity contribution in [2.24, 2.45) is 5.73 Å². The Balaban J connectivity index is 2.63. The number of primary amides is 1. The zero-order valence-electron chi connectivity index (χ0n) is 14.4. The van der Waals surface area contributed by atoms with Crippen molar-refractivity contribution in [2.75, 3.05) is 5.32 Å². The van der Waals surface area contributed by atoms with E-state index < -0.39 is 35.7 Å². The maximum Gasteiger partial charge on any atom is 0.412 e. The lowest BCUT2D eigenvalue weighted by atomic mass is 10.2. The largest absolute Gasteiger partial charge is 0.449 e. The molecule has 0 heterocycles. The Hall–Kier alpha value is -3.10. The fraction of sp³-hybridized carbons (Fsp3) is 0.375. The first-order valence-electron chi connectivity index (χ1n) is 7.39. The minimum atomic E-state index is -1.19. The molecule has 0 aliphatic rings. The first kappa shape index (κ1) is 19.9. The molecule has 0 aliphatic heterocycles. The number of hydrogen-bond donors (Lipinski definition) is 3. The SMILES string of the molecule is C[C@H](OC(=O)c1ccc(NC(=O)OC(C)(C)C)cc1)C(=O)NC(N)=O. The number of urea groups is 1. The van der Waals surface area contributed by atoms with Crippen LogP contribution >= 0.6 is 0 Å². The topological polar surface area (TPSA) is 137 Å². The van der Waals surface area contributed by atoms with Gasteiger partial charge in [0, 0.05) is 5.69 Å². The molecule has 0 saturated carbocycles. The molecular formula is C16H21N3O6. The first-order valence-corrected chi connectivity index (χ1v) is 7.39. The van der Waals surface area contributed by atoms with E-state index in [0.717, 1.165) is 0 Å². The second-order valence-corrected chi connectivity index (χ2v) is 6.11. The molecule has 136 valence electrons. The number of carbonyl (C=O) groups is 4. The Kier molecular flexibility index (Phi) is 6.49. The highest BCUT2D eigenvalue weighted by Gasteiger charge is 2.20. The highest BCUT2D eigenvalue weighted by Crippen LogP contribution is 2.14. The summed E-state index contributed by atoms with van der Waals surface area (Å²) in [7, 11) is 0. The summed E-state index contributed by atoms with van der Waals surface area (Å²) < 4.78 is 10.0. The standard InChI is InChI=1S/C16H21N3O6/c1-9(12(20)19-14(17)22)24-13(21)10-5-7-11(8-6-10)18-15(23)25-16(2,3)4/h5-9H,1-4H3,(H,18,23)(H3,17,19,20,22)/t9-/m0/s1. The van der Waals surface area contributed by atoms with Gasteiger partial charge in [-0.3, -0.25) is 15.4 Å². The van der Waals surface area contributed by atoms with Crippen LogP contribution < -0.4 is 16.4 Å². The van der Waals surface area contributed by atoms with Crippen molar-refractivity contribution in [1.29, 1.82) is 0 Å². The smallest absolute Gasteiger partial charge is 0.412 e. The molecule has 25 heavy (non-hydrogen) atoms. The summed E-state index contributed by atoms with van der Waals surface area (Å²) in [6, 6.07) is 4.75. The van der Waals surface area contributed by atoms with E-state index in [1.54, 1.807) is 20.8 Å². The van der Waals surface area contributed by atoms with Gasteiger partial charge in [0.1, 0.15) is 5.60 Å². The van der Waals surface area contributed by atoms with Crippen molar-refractivity contribution >= 4 is 29.7 Å². The van der Waals surface area contributed by atoms with Crippen LogP contribution in [-0.4, -0.2) is 35.7 Å². The Bertz CT molecular complexity index is 663. The quantitative estimate of drug-likeness (QED) is 0.707. The maximum absolute atomic E-state index is 11.9. The van der Waals surface area contributed by atoms with E-state index in [1.807, 2.05) is 5.32 Å². The predicted molar refractivity (Wildman–Crippen MR) is 88.9 cm³/mol. The molecule has 0 radical (unpaired) electrons. The molecule has 9 nitrogen and oxygen atoms in total. The van der Waals surface area contributed by atoms with E-state index in [4.69, 9.17) is 15.2 Å². The summed E-state index contributed by atoms with van der Waals surface area (Å²) in [5.74, 6) is -1.60. The highest BCUT2D eigenvalue weighted by molar-refractivity contribution is 5.98. The molecule has 0 spiro atoms. The number of ether oxygens (including phenoxy) is 2. The first-order chi connectivity index (χ1) is 11.5. The van der Waals surface area contributed by atoms with Crippen LogP contribution in [0.1, 0.15) is 38.1 Å². The third kappa shape index (κ3) is 7.34. The van der Waals surface area contributed by atoms with E-state index in [2.05, 4.69) is 5.32 Å². The van der Waals surface area contributed by atoms with Crippen molar-refractivity contribution in [3.8, 4) is 0 Å². The van der Waals surface area contributed by atoms with Crippen LogP contribution in [0, 0.1) is 0 Å². The summed E-state index contributed by atoms with van der Waals surface area (Å²) in [6.45, 7) is 6.51. The van der Waals surface area contributed by atoms with Gasteiger partial charge in [0.15, 0.2) is 6.10 Å². The molecule has 0 fully saturated rings. The average molecular weight is 351 g/mol. The average Bonchev–Trinajstić information content (AvgIpc) is 2.44. The molecule has 1 rings (SSSR count). The molecule has 0 aliphatic carbocycles. The minimum absolute atomic E-state index is 0.161. The number of nitrogens with one attached hydrogen (secondary N) is 2. The summed E-state index contributed by atoms with van der Waals surface area (Å²) in [4.78, 5) is 45.6. The van der Waals surface area contributed by atoms with Crippen LogP contribution in [0.4, 0.5) is 15.3 Å². The van der Waals surface area contributed by atoms with Gasteiger partial charge in [-0.15, -0.1) is 0 Å². The van der Waals surface area contributed by atoms with Crippen molar-refractivity contribution in [2.45, 2.75) is 39.4 Å². The number of amides is 4. The molecule has 0 aromatic heterocycles. The van der Waals surface area contributed by atoms with Crippen molar-refractivity contribution in [1.82, 2.24) is 5.32 Å². The molecule has 4 N–H and O–H groups in total. The summed E-state index contributed by atoms with van der Waals surface area (Å²) in [5.41, 5.74) is 4.76. The monoisotopic (exact) mass is 351 g/mol. The van der Waals surface area contributed by atoms with Crippen LogP contribution in [0.15, 0.2) is 24.3 Å². The number of nitrogens with two attached hydrogens (primary N) is 1. The molecular weight excluding hydrogens is 330 g/mol. The van der Waals surface area contributed by atoms with Gasteiger partial charge in [-0.1, -0.05) is 0 Å². The third-order valence-electron chi connectivity index (χ3n) is 2.67. The number of benzene rings is 1. The third-order valence-corrected chi connectivity index (χ3v) is 2.67. The van der Waals surface area contributed by atoms with Crippen LogP contribution in [0.5, 0.6) is 0 Å². The van der Waals surface area contributed by atoms with Crippen LogP contribution in [0.2, 0.25) is 0 Å². The number of hydrogen-bond acceptors (Lipinski definition) is 6. The zero-order valence-corrected chi connectivity index (χ0v) is 14.4. The van der Waals surface area contributed by atoms with E-state index in [-0.39, 0.29) is 5.56 Å². The molecule has 0 unspecified atom stereocenters. The van der Waals surface area contributed by atoms with Gasteiger partial charge in [0.25, 0.3) is 5.91 Å². The molecule has 4 amide bonds. The molecule has 1 aromatic rings. The van der Waals surface area contributed by atoms with Crippen LogP contribution in [0.3, 0.4) is 0 Å². The molecule has 9 heteroatoms. The second-order valence-electron chi connectivity index (χ2n) is 6.11. The Morgan fingerprint density at radius 2 is 1.64 bits per heavy atom. The number of imide groups is 1. The summed E-state index contributed by atoms with van der Waals surface area (Å²) in [5, 5.41) is 4.33. The fourth-order valence-electron chi connectivity index (χ4n) is 1.62. The molecule has 1 atom stereocenters. The lowest BCUT2D eigenvalue weighted by Crippen LogP contribution is -2.42. The van der Waals surface area contributed by atoms with Gasteiger partial charge in [-0.2, -0.15) is 0 Å². The minimum Gasteiger partial charge on any atom is -0.449 e. The van der Waals surface area contributed by atoms with Crippen molar-refractivity contribution in [3.05, 3.63) is 29.8 Å². The lowest BCUT2D eigenvalue weighted by molar-refractivity contribution is -0.127. The zero-order chi connectivity index (χ0) is 19.2. The van der Waals surface area contributed by atoms with Gasteiger partial charge in [-0.25, -0.2) is 14.4 Å². The Morgan fingerprint density at radius 3 is 2.12 bits per heavy atom. The van der Waals surface area contributed by atoms with Crippen molar-refractivity contribution in [3.63, 3.8) is 0 Å². The summed E-state index contributed by atoms with van der Waals surface area (Å²) in [6.07, 6.45) is -1.82. The molecule has 0 saturated heterocycles. The van der Waals surface area contributed by atoms with Crippen molar-refractivity contribution < 1.29 is 28.7 Å². The Morgan fingerprint density at radius 1 is 1.08 bits per heavy atom.